The molecule has 0 spiro atoms. The molecule has 2 rings (SSSR count). The second-order valence-corrected chi connectivity index (χ2v) is 4.82. The molecule has 0 aliphatic heterocycles. The third-order valence-electron chi connectivity index (χ3n) is 3.16. The van der Waals surface area contributed by atoms with Crippen LogP contribution >= 0.6 is 0 Å². The third-order valence-corrected chi connectivity index (χ3v) is 3.16. The molecule has 1 heterocycles. The van der Waals surface area contributed by atoms with Crippen LogP contribution in [-0.2, 0) is 6.42 Å². The number of hydrogen-bond acceptors (Lipinski definition) is 3. The second-order valence-electron chi connectivity index (χ2n) is 4.82. The van der Waals surface area contributed by atoms with Gasteiger partial charge in [0.15, 0.2) is 0 Å². The Hall–Kier alpha value is -2.36. The van der Waals surface area contributed by atoms with Gasteiger partial charge in [0.25, 0.3) is 0 Å². The average Bonchev–Trinajstić information content (AvgIpc) is 2.38. The lowest BCUT2D eigenvalue weighted by atomic mass is 10.1. The highest BCUT2D eigenvalue weighted by molar-refractivity contribution is 5.94. The fraction of sp³-hybridized carbons (Fsp3) is 0.250. The minimum absolute atomic E-state index is 0.247. The van der Waals surface area contributed by atoms with Crippen LogP contribution in [0.25, 0.3) is 0 Å². The molecule has 0 unspecified atom stereocenters. The Morgan fingerprint density at radius 3 is 2.80 bits per heavy atom. The van der Waals surface area contributed by atoms with Gasteiger partial charge in [-0.05, 0) is 37.5 Å². The average molecular weight is 270 g/mol. The number of nitrogens with zero attached hydrogens (tertiary/aromatic N) is 1. The molecule has 4 heteroatoms. The molecule has 0 saturated carbocycles. The summed E-state index contributed by atoms with van der Waals surface area (Å²) in [6, 6.07) is 9.98. The summed E-state index contributed by atoms with van der Waals surface area (Å²) >= 11 is 0. The lowest BCUT2D eigenvalue weighted by molar-refractivity contribution is 0.0697. The molecular formula is C16H18N2O2. The number of nitrogens with one attached hydrogen (secondary N) is 1. The minimum Gasteiger partial charge on any atom is -0.478 e. The first kappa shape index (κ1) is 14.1. The number of aromatic nitrogens is 1. The summed E-state index contributed by atoms with van der Waals surface area (Å²) in [5, 5.41) is 12.3. The van der Waals surface area contributed by atoms with Crippen molar-refractivity contribution in [2.45, 2.75) is 20.3 Å². The predicted octanol–water partition coefficient (Wildman–Crippen LogP) is 3.05. The largest absolute Gasteiger partial charge is 0.478 e. The molecule has 2 N–H and O–H groups in total. The number of aryl methyl sites for hydroxylation is 2. The lowest BCUT2D eigenvalue weighted by Gasteiger charge is -2.10. The zero-order chi connectivity index (χ0) is 14.5. The molecule has 0 bridgehead atoms. The molecule has 0 atom stereocenters. The zero-order valence-corrected chi connectivity index (χ0v) is 11.7. The first-order chi connectivity index (χ1) is 9.58. The van der Waals surface area contributed by atoms with Crippen LogP contribution in [0, 0.1) is 13.8 Å². The summed E-state index contributed by atoms with van der Waals surface area (Å²) in [4.78, 5) is 15.4. The Morgan fingerprint density at radius 1 is 1.30 bits per heavy atom. The smallest absolute Gasteiger partial charge is 0.339 e. The van der Waals surface area contributed by atoms with E-state index in [1.165, 1.54) is 11.1 Å². The van der Waals surface area contributed by atoms with Gasteiger partial charge >= 0.3 is 5.97 Å². The van der Waals surface area contributed by atoms with E-state index in [4.69, 9.17) is 0 Å². The van der Waals surface area contributed by atoms with Gasteiger partial charge in [-0.25, -0.2) is 9.78 Å². The molecule has 0 radical (unpaired) electrons. The number of benzene rings is 1. The minimum atomic E-state index is -0.950. The van der Waals surface area contributed by atoms with Crippen LogP contribution in [0.3, 0.4) is 0 Å². The van der Waals surface area contributed by atoms with Crippen molar-refractivity contribution in [3.63, 3.8) is 0 Å². The zero-order valence-electron chi connectivity index (χ0n) is 11.7. The molecule has 2 aromatic rings. The van der Waals surface area contributed by atoms with Gasteiger partial charge in [-0.15, -0.1) is 0 Å². The van der Waals surface area contributed by atoms with Crippen LogP contribution in [0.2, 0.25) is 0 Å². The molecule has 0 amide bonds. The molecule has 1 aromatic carbocycles. The number of aromatic carboxylic acids is 1. The van der Waals surface area contributed by atoms with Gasteiger partial charge < -0.3 is 10.4 Å². The number of hydrogen-bond donors (Lipinski definition) is 2. The van der Waals surface area contributed by atoms with Gasteiger partial charge in [-0.2, -0.15) is 0 Å². The summed E-state index contributed by atoms with van der Waals surface area (Å²) < 4.78 is 0. The quantitative estimate of drug-likeness (QED) is 0.876. The summed E-state index contributed by atoms with van der Waals surface area (Å²) in [5.41, 5.74) is 3.41. The molecular weight excluding hydrogens is 252 g/mol. The van der Waals surface area contributed by atoms with Gasteiger partial charge in [0.1, 0.15) is 11.4 Å². The van der Waals surface area contributed by atoms with Crippen molar-refractivity contribution in [2.24, 2.45) is 0 Å². The summed E-state index contributed by atoms with van der Waals surface area (Å²) in [6.07, 6.45) is 2.45. The summed E-state index contributed by atoms with van der Waals surface area (Å²) in [5.74, 6) is -0.515. The van der Waals surface area contributed by atoms with Crippen molar-refractivity contribution in [3.05, 3.63) is 58.8 Å². The van der Waals surface area contributed by atoms with Gasteiger partial charge in [0, 0.05) is 12.7 Å². The van der Waals surface area contributed by atoms with Gasteiger partial charge in [0.2, 0.25) is 0 Å². The highest BCUT2D eigenvalue weighted by Crippen LogP contribution is 2.16. The maximum absolute atomic E-state index is 11.2. The number of anilines is 1. The van der Waals surface area contributed by atoms with E-state index >= 15 is 0 Å². The number of rotatable bonds is 5. The summed E-state index contributed by atoms with van der Waals surface area (Å²) in [6.45, 7) is 4.48. The van der Waals surface area contributed by atoms with Crippen molar-refractivity contribution in [3.8, 4) is 0 Å². The van der Waals surface area contributed by atoms with E-state index in [9.17, 15) is 9.90 Å². The van der Waals surface area contributed by atoms with Crippen molar-refractivity contribution in [1.82, 2.24) is 4.98 Å². The number of carboxylic acid groups (broad SMARTS) is 1. The van der Waals surface area contributed by atoms with Crippen molar-refractivity contribution in [2.75, 3.05) is 11.9 Å². The first-order valence-electron chi connectivity index (χ1n) is 6.56. The fourth-order valence-corrected chi connectivity index (χ4v) is 2.16. The molecule has 0 aliphatic carbocycles. The van der Waals surface area contributed by atoms with Crippen LogP contribution < -0.4 is 5.32 Å². The Kier molecular flexibility index (Phi) is 4.35. The number of carboxylic acids is 1. The molecule has 0 fully saturated rings. The fourth-order valence-electron chi connectivity index (χ4n) is 2.16. The maximum atomic E-state index is 11.2. The van der Waals surface area contributed by atoms with E-state index in [1.54, 1.807) is 19.2 Å². The predicted molar refractivity (Wildman–Crippen MR) is 79.3 cm³/mol. The topological polar surface area (TPSA) is 62.2 Å². The Morgan fingerprint density at radius 2 is 2.10 bits per heavy atom. The van der Waals surface area contributed by atoms with E-state index in [0.29, 0.717) is 17.9 Å². The highest BCUT2D eigenvalue weighted by atomic mass is 16.4. The SMILES string of the molecule is Cc1cccc(CCNc2nccc(C)c2C(=O)O)c1. The van der Waals surface area contributed by atoms with Crippen molar-refractivity contribution >= 4 is 11.8 Å². The standard InChI is InChI=1S/C16H18N2O2/c1-11-4-3-5-13(10-11)7-9-18-15-14(16(19)20)12(2)6-8-17-15/h3-6,8,10H,7,9H2,1-2H3,(H,17,18)(H,19,20). The van der Waals surface area contributed by atoms with Crippen LogP contribution in [0.15, 0.2) is 36.5 Å². The third kappa shape index (κ3) is 3.35. The lowest BCUT2D eigenvalue weighted by Crippen LogP contribution is -2.12. The van der Waals surface area contributed by atoms with Crippen LogP contribution in [0.5, 0.6) is 0 Å². The van der Waals surface area contributed by atoms with E-state index in [-0.39, 0.29) is 5.56 Å². The van der Waals surface area contributed by atoms with Crippen LogP contribution in [0.4, 0.5) is 5.82 Å². The highest BCUT2D eigenvalue weighted by Gasteiger charge is 2.13. The van der Waals surface area contributed by atoms with Gasteiger partial charge in [0.05, 0.1) is 0 Å². The number of carbonyl (C=O) groups is 1. The maximum Gasteiger partial charge on any atom is 0.339 e. The molecule has 4 nitrogen and oxygen atoms in total. The molecule has 104 valence electrons. The second kappa shape index (κ2) is 6.19. The van der Waals surface area contributed by atoms with E-state index in [1.807, 2.05) is 6.07 Å². The van der Waals surface area contributed by atoms with Crippen molar-refractivity contribution < 1.29 is 9.90 Å². The van der Waals surface area contributed by atoms with Crippen molar-refractivity contribution in [1.29, 1.82) is 0 Å². The molecule has 0 saturated heterocycles. The van der Waals surface area contributed by atoms with Crippen LogP contribution in [-0.4, -0.2) is 22.6 Å². The molecule has 20 heavy (non-hydrogen) atoms. The summed E-state index contributed by atoms with van der Waals surface area (Å²) in [7, 11) is 0. The van der Waals surface area contributed by atoms with Gasteiger partial charge in [-0.3, -0.25) is 0 Å². The normalized spacial score (nSPS) is 10.3. The first-order valence-corrected chi connectivity index (χ1v) is 6.56. The Labute approximate surface area is 118 Å². The van der Waals surface area contributed by atoms with E-state index in [0.717, 1.165) is 6.42 Å². The molecule has 1 aromatic heterocycles. The van der Waals surface area contributed by atoms with Crippen LogP contribution in [0.1, 0.15) is 27.0 Å². The van der Waals surface area contributed by atoms with E-state index in [2.05, 4.69) is 35.4 Å². The number of pyridine rings is 1. The Bertz CT molecular complexity index is 624. The Balaban J connectivity index is 2.05. The van der Waals surface area contributed by atoms with E-state index < -0.39 is 5.97 Å². The monoisotopic (exact) mass is 270 g/mol. The van der Waals surface area contributed by atoms with Gasteiger partial charge in [-0.1, -0.05) is 29.8 Å². The molecule has 0 aliphatic rings.